The first-order valence-corrected chi connectivity index (χ1v) is 6.88. The van der Waals surface area contributed by atoms with Crippen LogP contribution in [0.2, 0.25) is 0 Å². The van der Waals surface area contributed by atoms with Gasteiger partial charge in [0.05, 0.1) is 0 Å². The van der Waals surface area contributed by atoms with Gasteiger partial charge < -0.3 is 5.32 Å². The van der Waals surface area contributed by atoms with Crippen LogP contribution >= 0.6 is 15.9 Å². The van der Waals surface area contributed by atoms with Crippen LogP contribution in [-0.4, -0.2) is 5.91 Å². The Bertz CT molecular complexity index is 390. The van der Waals surface area contributed by atoms with Crippen LogP contribution in [0.1, 0.15) is 38.7 Å². The number of hydrogen-bond acceptors (Lipinski definition) is 1. The fourth-order valence-corrected chi connectivity index (χ4v) is 2.36. The predicted molar refractivity (Wildman–Crippen MR) is 76.2 cm³/mol. The van der Waals surface area contributed by atoms with E-state index in [1.54, 1.807) is 0 Å². The van der Waals surface area contributed by atoms with Crippen molar-refractivity contribution < 1.29 is 4.79 Å². The number of anilines is 1. The first-order valence-electron chi connectivity index (χ1n) is 6.09. The molecule has 0 heterocycles. The summed E-state index contributed by atoms with van der Waals surface area (Å²) in [7, 11) is 0. The number of rotatable bonds is 5. The van der Waals surface area contributed by atoms with E-state index in [1.807, 2.05) is 25.1 Å². The Kier molecular flexibility index (Phi) is 5.69. The second kappa shape index (κ2) is 6.80. The van der Waals surface area contributed by atoms with E-state index in [0.717, 1.165) is 28.6 Å². The van der Waals surface area contributed by atoms with Crippen LogP contribution in [0.3, 0.4) is 0 Å². The summed E-state index contributed by atoms with van der Waals surface area (Å²) >= 11 is 3.41. The molecule has 0 fully saturated rings. The molecule has 0 radical (unpaired) electrons. The zero-order valence-corrected chi connectivity index (χ0v) is 12.3. The van der Waals surface area contributed by atoms with E-state index < -0.39 is 0 Å². The maximum atomic E-state index is 11.8. The van der Waals surface area contributed by atoms with Gasteiger partial charge in [-0.3, -0.25) is 4.79 Å². The molecule has 1 aromatic carbocycles. The number of halogens is 1. The van der Waals surface area contributed by atoms with Gasteiger partial charge in [0.2, 0.25) is 5.91 Å². The topological polar surface area (TPSA) is 29.1 Å². The lowest BCUT2D eigenvalue weighted by atomic mass is 10.0. The van der Waals surface area contributed by atoms with Crippen molar-refractivity contribution in [3.05, 3.63) is 28.2 Å². The third kappa shape index (κ3) is 4.90. The van der Waals surface area contributed by atoms with Crippen LogP contribution in [0.4, 0.5) is 5.69 Å². The lowest BCUT2D eigenvalue weighted by Gasteiger charge is -2.12. The summed E-state index contributed by atoms with van der Waals surface area (Å²) in [5.74, 6) is 0.562. The van der Waals surface area contributed by atoms with Gasteiger partial charge in [-0.25, -0.2) is 0 Å². The van der Waals surface area contributed by atoms with Gasteiger partial charge in [-0.05, 0) is 36.6 Å². The number of carbonyl (C=O) groups is 1. The average Bonchev–Trinajstić information content (AvgIpc) is 2.22. The number of amides is 1. The fraction of sp³-hybridized carbons (Fsp3) is 0.500. The lowest BCUT2D eigenvalue weighted by molar-refractivity contribution is -0.117. The molecule has 94 valence electrons. The second-order valence-electron chi connectivity index (χ2n) is 4.61. The van der Waals surface area contributed by atoms with Crippen LogP contribution < -0.4 is 5.32 Å². The molecule has 0 aliphatic heterocycles. The van der Waals surface area contributed by atoms with Crippen LogP contribution in [0, 0.1) is 12.8 Å². The Hall–Kier alpha value is -0.830. The Morgan fingerprint density at radius 1 is 1.47 bits per heavy atom. The summed E-state index contributed by atoms with van der Waals surface area (Å²) in [4.78, 5) is 11.8. The molecule has 0 aliphatic rings. The summed E-state index contributed by atoms with van der Waals surface area (Å²) in [5.41, 5.74) is 1.98. The van der Waals surface area contributed by atoms with Gasteiger partial charge in [0.25, 0.3) is 0 Å². The van der Waals surface area contributed by atoms with E-state index in [9.17, 15) is 4.79 Å². The highest BCUT2D eigenvalue weighted by molar-refractivity contribution is 9.10. The van der Waals surface area contributed by atoms with Crippen molar-refractivity contribution in [2.75, 3.05) is 5.32 Å². The Morgan fingerprint density at radius 3 is 2.76 bits per heavy atom. The number of carbonyl (C=O) groups excluding carboxylic acids is 1. The van der Waals surface area contributed by atoms with E-state index in [4.69, 9.17) is 0 Å². The maximum absolute atomic E-state index is 11.8. The smallest absolute Gasteiger partial charge is 0.224 e. The van der Waals surface area contributed by atoms with Gasteiger partial charge in [0, 0.05) is 16.6 Å². The Labute approximate surface area is 112 Å². The van der Waals surface area contributed by atoms with E-state index in [-0.39, 0.29) is 5.91 Å². The van der Waals surface area contributed by atoms with Gasteiger partial charge >= 0.3 is 0 Å². The fourth-order valence-electron chi connectivity index (χ4n) is 1.88. The minimum atomic E-state index is 0.108. The summed E-state index contributed by atoms with van der Waals surface area (Å²) in [6.07, 6.45) is 2.84. The standard InChI is InChI=1S/C14H20BrNO/c1-4-5-10(2)8-14(17)16-13-7-6-12(15)9-11(13)3/h6-7,9-10H,4-5,8H2,1-3H3,(H,16,17). The van der Waals surface area contributed by atoms with Crippen molar-refractivity contribution in [3.8, 4) is 0 Å². The first-order chi connectivity index (χ1) is 8.02. The molecule has 3 heteroatoms. The second-order valence-corrected chi connectivity index (χ2v) is 5.52. The molecule has 0 aliphatic carbocycles. The number of benzene rings is 1. The SMILES string of the molecule is CCCC(C)CC(=O)Nc1ccc(Br)cc1C. The zero-order valence-electron chi connectivity index (χ0n) is 10.7. The van der Waals surface area contributed by atoms with Crippen LogP contribution in [-0.2, 0) is 4.79 Å². The molecular weight excluding hydrogens is 278 g/mol. The molecule has 0 saturated heterocycles. The van der Waals surface area contributed by atoms with Gasteiger partial charge in [0.15, 0.2) is 0 Å². The van der Waals surface area contributed by atoms with E-state index >= 15 is 0 Å². The van der Waals surface area contributed by atoms with Crippen LogP contribution in [0.5, 0.6) is 0 Å². The largest absolute Gasteiger partial charge is 0.326 e. The molecule has 1 unspecified atom stereocenters. The molecule has 0 aromatic heterocycles. The van der Waals surface area contributed by atoms with Crippen LogP contribution in [0.25, 0.3) is 0 Å². The quantitative estimate of drug-likeness (QED) is 0.850. The molecule has 1 aromatic rings. The molecule has 0 saturated carbocycles. The minimum absolute atomic E-state index is 0.108. The van der Waals surface area contributed by atoms with Gasteiger partial charge in [0.1, 0.15) is 0 Å². The molecule has 0 spiro atoms. The van der Waals surface area contributed by atoms with Crippen LogP contribution in [0.15, 0.2) is 22.7 Å². The number of aryl methyl sites for hydroxylation is 1. The molecule has 1 amide bonds. The van der Waals surface area contributed by atoms with E-state index in [2.05, 4.69) is 35.1 Å². The molecule has 1 atom stereocenters. The number of hydrogen-bond donors (Lipinski definition) is 1. The molecule has 17 heavy (non-hydrogen) atoms. The van der Waals surface area contributed by atoms with Gasteiger partial charge in [-0.1, -0.05) is 42.6 Å². The summed E-state index contributed by atoms with van der Waals surface area (Å²) in [6.45, 7) is 6.26. The molecule has 1 rings (SSSR count). The molecule has 1 N–H and O–H groups in total. The molecule has 2 nitrogen and oxygen atoms in total. The third-order valence-corrected chi connectivity index (χ3v) is 3.27. The minimum Gasteiger partial charge on any atom is -0.326 e. The van der Waals surface area contributed by atoms with Gasteiger partial charge in [-0.15, -0.1) is 0 Å². The Balaban J connectivity index is 2.56. The van der Waals surface area contributed by atoms with Crippen molar-refractivity contribution in [1.29, 1.82) is 0 Å². The number of nitrogens with one attached hydrogen (secondary N) is 1. The highest BCUT2D eigenvalue weighted by atomic mass is 79.9. The van der Waals surface area contributed by atoms with Crippen molar-refractivity contribution >= 4 is 27.5 Å². The monoisotopic (exact) mass is 297 g/mol. The molecular formula is C14H20BrNO. The van der Waals surface area contributed by atoms with Crippen molar-refractivity contribution in [3.63, 3.8) is 0 Å². The highest BCUT2D eigenvalue weighted by Gasteiger charge is 2.09. The zero-order chi connectivity index (χ0) is 12.8. The normalized spacial score (nSPS) is 12.2. The predicted octanol–water partition coefficient (Wildman–Crippen LogP) is 4.52. The summed E-state index contributed by atoms with van der Waals surface area (Å²) < 4.78 is 1.03. The third-order valence-electron chi connectivity index (χ3n) is 2.78. The molecule has 0 bridgehead atoms. The first kappa shape index (κ1) is 14.2. The lowest BCUT2D eigenvalue weighted by Crippen LogP contribution is -2.15. The Morgan fingerprint density at radius 2 is 2.18 bits per heavy atom. The maximum Gasteiger partial charge on any atom is 0.224 e. The van der Waals surface area contributed by atoms with Crippen molar-refractivity contribution in [2.45, 2.75) is 40.0 Å². The van der Waals surface area contributed by atoms with E-state index in [1.165, 1.54) is 0 Å². The summed E-state index contributed by atoms with van der Waals surface area (Å²) in [5, 5.41) is 2.97. The van der Waals surface area contributed by atoms with Crippen molar-refractivity contribution in [1.82, 2.24) is 0 Å². The van der Waals surface area contributed by atoms with E-state index in [0.29, 0.717) is 12.3 Å². The van der Waals surface area contributed by atoms with Gasteiger partial charge in [-0.2, -0.15) is 0 Å². The highest BCUT2D eigenvalue weighted by Crippen LogP contribution is 2.20. The van der Waals surface area contributed by atoms with Crippen molar-refractivity contribution in [2.24, 2.45) is 5.92 Å². The summed E-state index contributed by atoms with van der Waals surface area (Å²) in [6, 6.07) is 5.88. The average molecular weight is 298 g/mol.